The lowest BCUT2D eigenvalue weighted by atomic mass is 10.0. The highest BCUT2D eigenvalue weighted by atomic mass is 32.2. The molecule has 0 aliphatic heterocycles. The van der Waals surface area contributed by atoms with Crippen molar-refractivity contribution in [2.45, 2.75) is 51.2 Å². The van der Waals surface area contributed by atoms with Gasteiger partial charge in [0.15, 0.2) is 0 Å². The van der Waals surface area contributed by atoms with Crippen LogP contribution >= 0.6 is 11.8 Å². The molecule has 1 aliphatic carbocycles. The minimum absolute atomic E-state index is 0.273. The summed E-state index contributed by atoms with van der Waals surface area (Å²) in [5.74, 6) is 0. The number of rotatable bonds is 2. The molecule has 0 bridgehead atoms. The van der Waals surface area contributed by atoms with Crippen molar-refractivity contribution in [3.63, 3.8) is 0 Å². The Morgan fingerprint density at radius 1 is 1.31 bits per heavy atom. The molecule has 74 valence electrons. The molecule has 0 saturated heterocycles. The fourth-order valence-electron chi connectivity index (χ4n) is 1.55. The van der Waals surface area contributed by atoms with Gasteiger partial charge in [-0.15, -0.1) is 0 Å². The van der Waals surface area contributed by atoms with E-state index >= 15 is 0 Å². The Labute approximate surface area is 85.0 Å². The molecule has 0 atom stereocenters. The number of allylic oxidation sites excluding steroid dienone is 1. The molecule has 1 rings (SSSR count). The van der Waals surface area contributed by atoms with E-state index in [2.05, 4.69) is 0 Å². The number of hydrogen-bond acceptors (Lipinski definition) is 2. The van der Waals surface area contributed by atoms with E-state index in [1.54, 1.807) is 11.8 Å². The summed E-state index contributed by atoms with van der Waals surface area (Å²) < 4.78 is 0. The van der Waals surface area contributed by atoms with Gasteiger partial charge in [-0.3, -0.25) is 4.79 Å². The molecule has 0 unspecified atom stereocenters. The molecular formula is C11H18OS. The Morgan fingerprint density at radius 3 is 2.46 bits per heavy atom. The van der Waals surface area contributed by atoms with Gasteiger partial charge >= 0.3 is 0 Å². The van der Waals surface area contributed by atoms with Crippen LogP contribution in [0.3, 0.4) is 0 Å². The first-order valence-corrected chi connectivity index (χ1v) is 5.96. The van der Waals surface area contributed by atoms with Crippen LogP contribution in [0.2, 0.25) is 0 Å². The summed E-state index contributed by atoms with van der Waals surface area (Å²) in [6.45, 7) is 3.83. The molecule has 2 heteroatoms. The second-order valence-corrected chi connectivity index (χ2v) is 4.91. The summed E-state index contributed by atoms with van der Waals surface area (Å²) in [5, 5.41) is 0.866. The van der Waals surface area contributed by atoms with Crippen LogP contribution in [0.25, 0.3) is 0 Å². The van der Waals surface area contributed by atoms with Gasteiger partial charge in [0.2, 0.25) is 5.12 Å². The van der Waals surface area contributed by atoms with Crippen molar-refractivity contribution >= 4 is 16.9 Å². The fourth-order valence-corrected chi connectivity index (χ4v) is 2.72. The lowest BCUT2D eigenvalue weighted by molar-refractivity contribution is -0.107. The van der Waals surface area contributed by atoms with E-state index in [9.17, 15) is 4.79 Å². The minimum atomic E-state index is 0.273. The van der Waals surface area contributed by atoms with E-state index in [-0.39, 0.29) is 5.12 Å². The standard InChI is InChI=1S/C11H18OS/c1-3-9(2)11(12)13-10-7-5-4-6-8-10/h3,10H,4-8H2,1-2H3/b9-3+. The second kappa shape index (κ2) is 5.48. The van der Waals surface area contributed by atoms with Crippen molar-refractivity contribution in [1.82, 2.24) is 0 Å². The molecule has 1 aliphatic rings. The van der Waals surface area contributed by atoms with Gasteiger partial charge in [-0.1, -0.05) is 37.1 Å². The normalized spacial score (nSPS) is 20.3. The molecular weight excluding hydrogens is 180 g/mol. The van der Waals surface area contributed by atoms with Crippen molar-refractivity contribution in [3.05, 3.63) is 11.6 Å². The number of carbonyl (C=O) groups is 1. The molecule has 0 amide bonds. The Hall–Kier alpha value is -0.240. The SMILES string of the molecule is C/C=C(\C)C(=O)SC1CCCCC1. The van der Waals surface area contributed by atoms with Gasteiger partial charge in [-0.2, -0.15) is 0 Å². The summed E-state index contributed by atoms with van der Waals surface area (Å²) in [6, 6.07) is 0. The lowest BCUT2D eigenvalue weighted by Crippen LogP contribution is -2.11. The Balaban J connectivity index is 2.34. The van der Waals surface area contributed by atoms with Crippen LogP contribution in [0.15, 0.2) is 11.6 Å². The molecule has 0 N–H and O–H groups in total. The van der Waals surface area contributed by atoms with Gasteiger partial charge in [-0.25, -0.2) is 0 Å². The summed E-state index contributed by atoms with van der Waals surface area (Å²) >= 11 is 1.55. The molecule has 13 heavy (non-hydrogen) atoms. The van der Waals surface area contributed by atoms with Gasteiger partial charge in [0.25, 0.3) is 0 Å². The molecule has 1 saturated carbocycles. The zero-order valence-electron chi connectivity index (χ0n) is 8.51. The molecule has 0 heterocycles. The van der Waals surface area contributed by atoms with E-state index in [0.717, 1.165) is 5.57 Å². The molecule has 0 aromatic carbocycles. The highest BCUT2D eigenvalue weighted by Crippen LogP contribution is 2.29. The summed E-state index contributed by atoms with van der Waals surface area (Å²) in [4.78, 5) is 11.5. The monoisotopic (exact) mass is 198 g/mol. The Bertz CT molecular complexity index is 202. The van der Waals surface area contributed by atoms with Crippen molar-refractivity contribution in [2.24, 2.45) is 0 Å². The quantitative estimate of drug-likeness (QED) is 0.631. The Morgan fingerprint density at radius 2 is 1.92 bits per heavy atom. The van der Waals surface area contributed by atoms with E-state index < -0.39 is 0 Å². The van der Waals surface area contributed by atoms with Gasteiger partial charge in [0.05, 0.1) is 0 Å². The highest BCUT2D eigenvalue weighted by Gasteiger charge is 2.17. The molecule has 1 nitrogen and oxygen atoms in total. The summed E-state index contributed by atoms with van der Waals surface area (Å²) in [7, 11) is 0. The van der Waals surface area contributed by atoms with E-state index in [4.69, 9.17) is 0 Å². The average Bonchev–Trinajstić information content (AvgIpc) is 2.18. The van der Waals surface area contributed by atoms with Crippen molar-refractivity contribution < 1.29 is 4.79 Å². The van der Waals surface area contributed by atoms with Gasteiger partial charge in [0, 0.05) is 5.25 Å². The number of carbonyl (C=O) groups excluding carboxylic acids is 1. The van der Waals surface area contributed by atoms with Gasteiger partial charge < -0.3 is 0 Å². The van der Waals surface area contributed by atoms with Gasteiger partial charge in [-0.05, 0) is 32.3 Å². The van der Waals surface area contributed by atoms with Crippen LogP contribution in [0.5, 0.6) is 0 Å². The number of hydrogen-bond donors (Lipinski definition) is 0. The first-order chi connectivity index (χ1) is 6.24. The van der Waals surface area contributed by atoms with Crippen LogP contribution in [0.1, 0.15) is 46.0 Å². The zero-order chi connectivity index (χ0) is 9.68. The topological polar surface area (TPSA) is 17.1 Å². The minimum Gasteiger partial charge on any atom is -0.282 e. The zero-order valence-corrected chi connectivity index (χ0v) is 9.32. The fraction of sp³-hybridized carbons (Fsp3) is 0.727. The van der Waals surface area contributed by atoms with Crippen LogP contribution in [0, 0.1) is 0 Å². The van der Waals surface area contributed by atoms with Crippen LogP contribution in [0.4, 0.5) is 0 Å². The molecule has 0 radical (unpaired) electrons. The van der Waals surface area contributed by atoms with Crippen molar-refractivity contribution in [1.29, 1.82) is 0 Å². The van der Waals surface area contributed by atoms with Crippen molar-refractivity contribution in [3.8, 4) is 0 Å². The summed E-state index contributed by atoms with van der Waals surface area (Å²) in [5.41, 5.74) is 0.899. The summed E-state index contributed by atoms with van der Waals surface area (Å²) in [6.07, 6.45) is 8.33. The van der Waals surface area contributed by atoms with E-state index in [1.165, 1.54) is 32.1 Å². The van der Waals surface area contributed by atoms with E-state index in [0.29, 0.717) is 5.25 Å². The molecule has 0 aromatic rings. The largest absolute Gasteiger partial charge is 0.282 e. The highest BCUT2D eigenvalue weighted by molar-refractivity contribution is 8.14. The maximum Gasteiger partial charge on any atom is 0.214 e. The third kappa shape index (κ3) is 3.55. The first kappa shape index (κ1) is 10.8. The predicted octanol–water partition coefficient (Wildman–Crippen LogP) is 3.55. The smallest absolute Gasteiger partial charge is 0.214 e. The lowest BCUT2D eigenvalue weighted by Gasteiger charge is -2.19. The Kier molecular flexibility index (Phi) is 4.57. The molecule has 1 fully saturated rings. The average molecular weight is 198 g/mol. The third-order valence-electron chi connectivity index (χ3n) is 2.58. The predicted molar refractivity (Wildman–Crippen MR) is 58.9 cm³/mol. The van der Waals surface area contributed by atoms with Gasteiger partial charge in [0.1, 0.15) is 0 Å². The van der Waals surface area contributed by atoms with E-state index in [1.807, 2.05) is 19.9 Å². The first-order valence-electron chi connectivity index (χ1n) is 5.08. The van der Waals surface area contributed by atoms with Crippen LogP contribution in [-0.4, -0.2) is 10.4 Å². The maximum absolute atomic E-state index is 11.5. The number of thioether (sulfide) groups is 1. The van der Waals surface area contributed by atoms with Crippen LogP contribution in [-0.2, 0) is 4.79 Å². The molecule has 0 spiro atoms. The second-order valence-electron chi connectivity index (χ2n) is 3.64. The maximum atomic E-state index is 11.5. The molecule has 0 aromatic heterocycles. The van der Waals surface area contributed by atoms with Crippen LogP contribution < -0.4 is 0 Å². The third-order valence-corrected chi connectivity index (χ3v) is 3.92. The van der Waals surface area contributed by atoms with Crippen molar-refractivity contribution in [2.75, 3.05) is 0 Å².